The lowest BCUT2D eigenvalue weighted by Gasteiger charge is -2.37. The third-order valence-corrected chi connectivity index (χ3v) is 5.77. The minimum atomic E-state index is 0.512. The Morgan fingerprint density at radius 3 is 2.33 bits per heavy atom. The van der Waals surface area contributed by atoms with Crippen LogP contribution >= 0.6 is 11.8 Å². The molecular weight excluding hydrogens is 274 g/mol. The first-order chi connectivity index (χ1) is 10.4. The van der Waals surface area contributed by atoms with Gasteiger partial charge in [0.1, 0.15) is 0 Å². The van der Waals surface area contributed by atoms with Gasteiger partial charge in [0.2, 0.25) is 0 Å². The Kier molecular flexibility index (Phi) is 5.00. The summed E-state index contributed by atoms with van der Waals surface area (Å²) in [6.45, 7) is 2.28. The van der Waals surface area contributed by atoms with E-state index in [-0.39, 0.29) is 0 Å². The highest BCUT2D eigenvalue weighted by Crippen LogP contribution is 2.37. The molecule has 0 bridgehead atoms. The smallest absolute Gasteiger partial charge is 0.0454 e. The first-order valence-electron chi connectivity index (χ1n) is 7.83. The number of thioether (sulfide) groups is 1. The van der Waals surface area contributed by atoms with Gasteiger partial charge >= 0.3 is 0 Å². The fraction of sp³-hybridized carbons (Fsp3) is 0.368. The normalized spacial score (nSPS) is 25.7. The molecule has 1 saturated heterocycles. The molecule has 0 aromatic heterocycles. The highest BCUT2D eigenvalue weighted by atomic mass is 32.2. The maximum absolute atomic E-state index is 3.88. The zero-order valence-electron chi connectivity index (χ0n) is 12.5. The summed E-state index contributed by atoms with van der Waals surface area (Å²) in [6.07, 6.45) is 2.31. The van der Waals surface area contributed by atoms with Crippen molar-refractivity contribution in [2.45, 2.75) is 37.1 Å². The van der Waals surface area contributed by atoms with Crippen molar-refractivity contribution in [3.8, 4) is 0 Å². The largest absolute Gasteiger partial charge is 0.309 e. The summed E-state index contributed by atoms with van der Waals surface area (Å²) in [5.41, 5.74) is 2.87. The predicted molar refractivity (Wildman–Crippen MR) is 92.8 cm³/mol. The molecular formula is C19H23NS. The monoisotopic (exact) mass is 297 g/mol. The molecule has 2 aromatic rings. The summed E-state index contributed by atoms with van der Waals surface area (Å²) in [4.78, 5) is 0. The summed E-state index contributed by atoms with van der Waals surface area (Å²) in [6, 6.07) is 23.0. The second kappa shape index (κ2) is 7.15. The van der Waals surface area contributed by atoms with Crippen LogP contribution in [-0.2, 0) is 6.42 Å². The van der Waals surface area contributed by atoms with Gasteiger partial charge in [-0.3, -0.25) is 0 Å². The van der Waals surface area contributed by atoms with Gasteiger partial charge in [0, 0.05) is 23.1 Å². The van der Waals surface area contributed by atoms with Gasteiger partial charge in [-0.1, -0.05) is 67.6 Å². The van der Waals surface area contributed by atoms with Crippen molar-refractivity contribution >= 4 is 11.8 Å². The highest BCUT2D eigenvalue weighted by Gasteiger charge is 2.30. The Hall–Kier alpha value is -1.25. The van der Waals surface area contributed by atoms with Crippen molar-refractivity contribution in [2.24, 2.45) is 0 Å². The molecule has 1 aliphatic heterocycles. The third-order valence-electron chi connectivity index (χ3n) is 4.21. The molecule has 3 rings (SSSR count). The van der Waals surface area contributed by atoms with E-state index in [1.807, 2.05) is 0 Å². The summed E-state index contributed by atoms with van der Waals surface area (Å²) in [5, 5.41) is 4.43. The zero-order valence-corrected chi connectivity index (χ0v) is 13.4. The van der Waals surface area contributed by atoms with Crippen molar-refractivity contribution in [1.82, 2.24) is 5.32 Å². The molecule has 2 heteroatoms. The Balaban J connectivity index is 1.80. The molecule has 1 N–H and O–H groups in total. The van der Waals surface area contributed by atoms with E-state index < -0.39 is 0 Å². The van der Waals surface area contributed by atoms with E-state index >= 15 is 0 Å². The quantitative estimate of drug-likeness (QED) is 0.894. The van der Waals surface area contributed by atoms with Crippen LogP contribution in [0.4, 0.5) is 0 Å². The Morgan fingerprint density at radius 1 is 1.00 bits per heavy atom. The van der Waals surface area contributed by atoms with Gasteiger partial charge < -0.3 is 5.32 Å². The SMILES string of the molecule is CCC1CSC(c2ccccc2)C(Cc2ccccc2)N1. The molecule has 0 radical (unpaired) electrons. The summed E-state index contributed by atoms with van der Waals surface area (Å²) in [5.74, 6) is 1.21. The van der Waals surface area contributed by atoms with E-state index in [9.17, 15) is 0 Å². The molecule has 1 heterocycles. The fourth-order valence-electron chi connectivity index (χ4n) is 3.02. The molecule has 0 aliphatic carbocycles. The minimum absolute atomic E-state index is 0.512. The van der Waals surface area contributed by atoms with Crippen LogP contribution in [0.25, 0.3) is 0 Å². The van der Waals surface area contributed by atoms with Gasteiger partial charge in [0.05, 0.1) is 0 Å². The van der Waals surface area contributed by atoms with Gasteiger partial charge in [-0.25, -0.2) is 0 Å². The van der Waals surface area contributed by atoms with E-state index in [4.69, 9.17) is 0 Å². The standard InChI is InChI=1S/C19H23NS/c1-2-17-14-21-19(16-11-7-4-8-12-16)18(20-17)13-15-9-5-3-6-10-15/h3-12,17-20H,2,13-14H2,1H3. The summed E-state index contributed by atoms with van der Waals surface area (Å²) < 4.78 is 0. The van der Waals surface area contributed by atoms with Crippen LogP contribution in [0.3, 0.4) is 0 Å². The van der Waals surface area contributed by atoms with Crippen molar-refractivity contribution < 1.29 is 0 Å². The van der Waals surface area contributed by atoms with Gasteiger partial charge in [-0.15, -0.1) is 0 Å². The van der Waals surface area contributed by atoms with Gasteiger partial charge in [0.25, 0.3) is 0 Å². The highest BCUT2D eigenvalue weighted by molar-refractivity contribution is 7.99. The van der Waals surface area contributed by atoms with Crippen LogP contribution in [-0.4, -0.2) is 17.8 Å². The average Bonchev–Trinajstić information content (AvgIpc) is 2.56. The van der Waals surface area contributed by atoms with Crippen LogP contribution < -0.4 is 5.32 Å². The maximum atomic E-state index is 3.88. The second-order valence-electron chi connectivity index (χ2n) is 5.73. The molecule has 21 heavy (non-hydrogen) atoms. The van der Waals surface area contributed by atoms with Crippen LogP contribution in [0.15, 0.2) is 60.7 Å². The molecule has 1 nitrogen and oxygen atoms in total. The van der Waals surface area contributed by atoms with Gasteiger partial charge in [-0.05, 0) is 24.0 Å². The maximum Gasteiger partial charge on any atom is 0.0454 e. The Bertz CT molecular complexity index is 540. The van der Waals surface area contributed by atoms with E-state index in [1.165, 1.54) is 23.3 Å². The van der Waals surface area contributed by atoms with Gasteiger partial charge in [-0.2, -0.15) is 11.8 Å². The molecule has 110 valence electrons. The lowest BCUT2D eigenvalue weighted by atomic mass is 9.97. The van der Waals surface area contributed by atoms with E-state index in [0.717, 1.165) is 6.42 Å². The van der Waals surface area contributed by atoms with Crippen LogP contribution in [0.1, 0.15) is 29.7 Å². The first kappa shape index (κ1) is 14.7. The number of rotatable bonds is 4. The van der Waals surface area contributed by atoms with E-state index in [0.29, 0.717) is 17.3 Å². The Labute approximate surface area is 132 Å². The molecule has 1 aliphatic rings. The molecule has 0 saturated carbocycles. The first-order valence-corrected chi connectivity index (χ1v) is 8.88. The summed E-state index contributed by atoms with van der Waals surface area (Å²) >= 11 is 2.11. The lowest BCUT2D eigenvalue weighted by molar-refractivity contribution is 0.414. The average molecular weight is 297 g/mol. The summed E-state index contributed by atoms with van der Waals surface area (Å²) in [7, 11) is 0. The second-order valence-corrected chi connectivity index (χ2v) is 6.91. The zero-order chi connectivity index (χ0) is 14.5. The minimum Gasteiger partial charge on any atom is -0.309 e. The molecule has 3 unspecified atom stereocenters. The third kappa shape index (κ3) is 3.69. The van der Waals surface area contributed by atoms with Crippen molar-refractivity contribution in [2.75, 3.05) is 5.75 Å². The van der Waals surface area contributed by atoms with Crippen molar-refractivity contribution in [3.63, 3.8) is 0 Å². The van der Waals surface area contributed by atoms with Crippen LogP contribution in [0.5, 0.6) is 0 Å². The van der Waals surface area contributed by atoms with Crippen molar-refractivity contribution in [3.05, 3.63) is 71.8 Å². The van der Waals surface area contributed by atoms with Gasteiger partial charge in [0.15, 0.2) is 0 Å². The molecule has 1 fully saturated rings. The van der Waals surface area contributed by atoms with Crippen LogP contribution in [0, 0.1) is 0 Å². The van der Waals surface area contributed by atoms with Crippen molar-refractivity contribution in [1.29, 1.82) is 0 Å². The fourth-order valence-corrected chi connectivity index (χ4v) is 4.54. The molecule has 3 atom stereocenters. The Morgan fingerprint density at radius 2 is 1.67 bits per heavy atom. The predicted octanol–water partition coefficient (Wildman–Crippen LogP) is 4.45. The molecule has 2 aromatic carbocycles. The van der Waals surface area contributed by atoms with E-state index in [2.05, 4.69) is 84.7 Å². The van der Waals surface area contributed by atoms with E-state index in [1.54, 1.807) is 0 Å². The number of nitrogens with one attached hydrogen (secondary N) is 1. The lowest BCUT2D eigenvalue weighted by Crippen LogP contribution is -2.47. The molecule has 0 amide bonds. The van der Waals surface area contributed by atoms with Crippen LogP contribution in [0.2, 0.25) is 0 Å². The number of hydrogen-bond donors (Lipinski definition) is 1. The number of hydrogen-bond acceptors (Lipinski definition) is 2. The molecule has 0 spiro atoms. The number of benzene rings is 2. The topological polar surface area (TPSA) is 12.0 Å².